The van der Waals surface area contributed by atoms with E-state index in [1.807, 2.05) is 12.1 Å². The van der Waals surface area contributed by atoms with E-state index in [0.717, 1.165) is 17.9 Å². The number of carbonyl (C=O) groups excluding carboxylic acids is 1. The first-order valence-electron chi connectivity index (χ1n) is 5.79. The van der Waals surface area contributed by atoms with Crippen LogP contribution in [0.15, 0.2) is 24.3 Å². The fraction of sp³-hybridized carbons (Fsp3) is 0.462. The normalized spacial score (nSPS) is 28.7. The van der Waals surface area contributed by atoms with Gasteiger partial charge in [0.25, 0.3) is 6.47 Å². The molecule has 1 aliphatic rings. The topological polar surface area (TPSA) is 52.3 Å². The molecule has 0 unspecified atom stereocenters. The molecule has 1 fully saturated rings. The molecule has 0 amide bonds. The number of ether oxygens (including phenoxy) is 1. The van der Waals surface area contributed by atoms with E-state index in [2.05, 4.69) is 12.1 Å². The summed E-state index contributed by atoms with van der Waals surface area (Å²) in [6.45, 7) is 0.447. The van der Waals surface area contributed by atoms with Crippen molar-refractivity contribution >= 4 is 18.1 Å². The minimum absolute atomic E-state index is 0.447. The maximum atomic E-state index is 10.4. The highest BCUT2D eigenvalue weighted by Crippen LogP contribution is 2.37. The Hall–Kier alpha value is -1.06. The van der Waals surface area contributed by atoms with E-state index in [1.165, 1.54) is 5.56 Å². The van der Waals surface area contributed by atoms with Gasteiger partial charge in [-0.2, -0.15) is 0 Å². The first kappa shape index (κ1) is 12.4. The molecule has 17 heavy (non-hydrogen) atoms. The molecule has 0 atom stereocenters. The van der Waals surface area contributed by atoms with Gasteiger partial charge in [-0.25, -0.2) is 0 Å². The lowest BCUT2D eigenvalue weighted by atomic mass is 9.80. The van der Waals surface area contributed by atoms with Gasteiger partial charge in [-0.1, -0.05) is 23.7 Å². The standard InChI is InChI=1S/C13H16ClNO2/c14-12-3-1-10(2-4-12)11-5-7-13(15,8-6-11)17-9-16/h1-4,9,11H,5-8,15H2. The summed E-state index contributed by atoms with van der Waals surface area (Å²) in [4.78, 5) is 10.4. The summed E-state index contributed by atoms with van der Waals surface area (Å²) in [5.41, 5.74) is 6.48. The predicted molar refractivity (Wildman–Crippen MR) is 66.7 cm³/mol. The highest BCUT2D eigenvalue weighted by molar-refractivity contribution is 6.30. The van der Waals surface area contributed by atoms with E-state index in [9.17, 15) is 4.79 Å². The van der Waals surface area contributed by atoms with Crippen LogP contribution in [0.25, 0.3) is 0 Å². The number of rotatable bonds is 3. The molecule has 3 nitrogen and oxygen atoms in total. The third-order valence-corrected chi connectivity index (χ3v) is 3.71. The molecule has 0 spiro atoms. The molecule has 4 heteroatoms. The summed E-state index contributed by atoms with van der Waals surface area (Å²) < 4.78 is 4.95. The lowest BCUT2D eigenvalue weighted by Gasteiger charge is -2.35. The van der Waals surface area contributed by atoms with Gasteiger partial charge in [-0.3, -0.25) is 10.5 Å². The maximum Gasteiger partial charge on any atom is 0.294 e. The van der Waals surface area contributed by atoms with E-state index in [4.69, 9.17) is 22.1 Å². The van der Waals surface area contributed by atoms with Crippen molar-refractivity contribution in [3.63, 3.8) is 0 Å². The van der Waals surface area contributed by atoms with Crippen molar-refractivity contribution in [1.29, 1.82) is 0 Å². The first-order valence-corrected chi connectivity index (χ1v) is 6.16. The molecule has 0 saturated heterocycles. The van der Waals surface area contributed by atoms with E-state index in [-0.39, 0.29) is 0 Å². The van der Waals surface area contributed by atoms with Crippen molar-refractivity contribution in [2.75, 3.05) is 0 Å². The Morgan fingerprint density at radius 3 is 2.41 bits per heavy atom. The van der Waals surface area contributed by atoms with Gasteiger partial charge in [0, 0.05) is 17.9 Å². The summed E-state index contributed by atoms with van der Waals surface area (Å²) in [6.07, 6.45) is 3.29. The van der Waals surface area contributed by atoms with Crippen LogP contribution < -0.4 is 5.73 Å². The van der Waals surface area contributed by atoms with Crippen LogP contribution in [0.5, 0.6) is 0 Å². The molecule has 1 saturated carbocycles. The number of nitrogens with two attached hydrogens (primary N) is 1. The summed E-state index contributed by atoms with van der Waals surface area (Å²) in [5, 5.41) is 0.752. The molecule has 92 valence electrons. The SMILES string of the molecule is NC1(OC=O)CCC(c2ccc(Cl)cc2)CC1. The monoisotopic (exact) mass is 253 g/mol. The molecular formula is C13H16ClNO2. The van der Waals surface area contributed by atoms with Crippen LogP contribution in [-0.4, -0.2) is 12.2 Å². The molecular weight excluding hydrogens is 238 g/mol. The average molecular weight is 254 g/mol. The number of halogens is 1. The molecule has 1 aromatic carbocycles. The van der Waals surface area contributed by atoms with Crippen LogP contribution in [0.1, 0.15) is 37.2 Å². The van der Waals surface area contributed by atoms with Gasteiger partial charge in [0.05, 0.1) is 0 Å². The van der Waals surface area contributed by atoms with Crippen molar-refractivity contribution < 1.29 is 9.53 Å². The van der Waals surface area contributed by atoms with Crippen LogP contribution in [0.3, 0.4) is 0 Å². The van der Waals surface area contributed by atoms with Crippen LogP contribution in [0.2, 0.25) is 5.02 Å². The van der Waals surface area contributed by atoms with Gasteiger partial charge in [0.15, 0.2) is 5.72 Å². The highest BCUT2D eigenvalue weighted by atomic mass is 35.5. The zero-order chi connectivity index (χ0) is 12.3. The number of hydrogen-bond acceptors (Lipinski definition) is 3. The molecule has 0 radical (unpaired) electrons. The Bertz CT molecular complexity index is 383. The smallest absolute Gasteiger partial charge is 0.294 e. The van der Waals surface area contributed by atoms with Crippen molar-refractivity contribution in [3.05, 3.63) is 34.9 Å². The quantitative estimate of drug-likeness (QED) is 0.666. The maximum absolute atomic E-state index is 10.4. The largest absolute Gasteiger partial charge is 0.446 e. The average Bonchev–Trinajstić information content (AvgIpc) is 2.31. The zero-order valence-corrected chi connectivity index (χ0v) is 10.3. The second kappa shape index (κ2) is 5.07. The van der Waals surface area contributed by atoms with Crippen molar-refractivity contribution in [2.45, 2.75) is 37.3 Å². The van der Waals surface area contributed by atoms with E-state index in [1.54, 1.807) is 0 Å². The Morgan fingerprint density at radius 2 is 1.88 bits per heavy atom. The Kier molecular flexibility index (Phi) is 3.69. The molecule has 2 N–H and O–H groups in total. The molecule has 0 bridgehead atoms. The second-order valence-corrected chi connectivity index (χ2v) is 5.04. The van der Waals surface area contributed by atoms with Crippen LogP contribution in [-0.2, 0) is 9.53 Å². The summed E-state index contributed by atoms with van der Waals surface area (Å²) >= 11 is 5.86. The van der Waals surface area contributed by atoms with Gasteiger partial charge in [0.2, 0.25) is 0 Å². The molecule has 1 aliphatic carbocycles. The third-order valence-electron chi connectivity index (χ3n) is 3.46. The first-order chi connectivity index (χ1) is 8.13. The van der Waals surface area contributed by atoms with Crippen LogP contribution in [0, 0.1) is 0 Å². The Balaban J connectivity index is 1.99. The second-order valence-electron chi connectivity index (χ2n) is 4.60. The van der Waals surface area contributed by atoms with Gasteiger partial charge < -0.3 is 4.74 Å². The fourth-order valence-electron chi connectivity index (χ4n) is 2.39. The van der Waals surface area contributed by atoms with Crippen molar-refractivity contribution in [1.82, 2.24) is 0 Å². The molecule has 1 aromatic rings. The number of benzene rings is 1. The van der Waals surface area contributed by atoms with Gasteiger partial charge >= 0.3 is 0 Å². The molecule has 0 aliphatic heterocycles. The van der Waals surface area contributed by atoms with E-state index >= 15 is 0 Å². The van der Waals surface area contributed by atoms with Gasteiger partial charge in [-0.15, -0.1) is 0 Å². The summed E-state index contributed by atoms with van der Waals surface area (Å²) in [5.74, 6) is 0.485. The lowest BCUT2D eigenvalue weighted by Crippen LogP contribution is -2.45. The highest BCUT2D eigenvalue weighted by Gasteiger charge is 2.33. The Labute approximate surface area is 106 Å². The van der Waals surface area contributed by atoms with E-state index < -0.39 is 5.72 Å². The predicted octanol–water partition coefficient (Wildman–Crippen LogP) is 2.83. The van der Waals surface area contributed by atoms with Crippen molar-refractivity contribution in [3.8, 4) is 0 Å². The summed E-state index contributed by atoms with van der Waals surface area (Å²) in [6, 6.07) is 7.92. The molecule has 2 rings (SSSR count). The minimum Gasteiger partial charge on any atom is -0.446 e. The number of hydrogen-bond donors (Lipinski definition) is 1. The molecule has 0 aromatic heterocycles. The van der Waals surface area contributed by atoms with E-state index in [0.29, 0.717) is 25.2 Å². The molecule has 0 heterocycles. The third kappa shape index (κ3) is 2.99. The zero-order valence-electron chi connectivity index (χ0n) is 9.56. The van der Waals surface area contributed by atoms with Crippen LogP contribution >= 0.6 is 11.6 Å². The van der Waals surface area contributed by atoms with Gasteiger partial charge in [0.1, 0.15) is 0 Å². The Morgan fingerprint density at radius 1 is 1.29 bits per heavy atom. The van der Waals surface area contributed by atoms with Crippen LogP contribution in [0.4, 0.5) is 0 Å². The fourth-order valence-corrected chi connectivity index (χ4v) is 2.51. The number of carbonyl (C=O) groups is 1. The lowest BCUT2D eigenvalue weighted by molar-refractivity contribution is -0.146. The minimum atomic E-state index is -0.759. The summed E-state index contributed by atoms with van der Waals surface area (Å²) in [7, 11) is 0. The van der Waals surface area contributed by atoms with Gasteiger partial charge in [-0.05, 0) is 36.5 Å². The van der Waals surface area contributed by atoms with Crippen molar-refractivity contribution in [2.24, 2.45) is 5.73 Å².